The van der Waals surface area contributed by atoms with Crippen LogP contribution in [0.3, 0.4) is 0 Å². The molecule has 0 radical (unpaired) electrons. The quantitative estimate of drug-likeness (QED) is 0.436. The average molecular weight is 263 g/mol. The maximum absolute atomic E-state index is 12.3. The number of hydrogen-bond donors (Lipinski definition) is 0. The Bertz CT molecular complexity index is 360. The molecule has 0 amide bonds. The fraction of sp³-hybridized carbons (Fsp3) is 0.900. The van der Waals surface area contributed by atoms with E-state index in [1.807, 2.05) is 6.92 Å². The zero-order valence-corrected chi connectivity index (χ0v) is 11.2. The Hall–Kier alpha value is -0.420. The van der Waals surface area contributed by atoms with Gasteiger partial charge in [0.25, 0.3) is 0 Å². The Morgan fingerprint density at radius 3 is 2.53 bits per heavy atom. The van der Waals surface area contributed by atoms with Crippen LogP contribution in [0.1, 0.15) is 20.3 Å². The summed E-state index contributed by atoms with van der Waals surface area (Å²) in [6.45, 7) is 4.59. The van der Waals surface area contributed by atoms with Crippen molar-refractivity contribution in [1.82, 2.24) is 4.67 Å². The summed E-state index contributed by atoms with van der Waals surface area (Å²) in [4.78, 5) is 11.5. The molecule has 2 unspecified atom stereocenters. The summed E-state index contributed by atoms with van der Waals surface area (Å²) in [6, 6.07) is 0.281. The first-order valence-electron chi connectivity index (χ1n) is 5.70. The molecule has 0 aromatic heterocycles. The molecule has 0 saturated carbocycles. The van der Waals surface area contributed by atoms with Crippen LogP contribution in [-0.4, -0.2) is 43.5 Å². The van der Waals surface area contributed by atoms with E-state index in [9.17, 15) is 9.36 Å². The Balaban J connectivity index is 1.98. The number of ether oxygens (including phenoxy) is 1. The van der Waals surface area contributed by atoms with Gasteiger partial charge >= 0.3 is 13.7 Å². The predicted octanol–water partition coefficient (Wildman–Crippen LogP) is 1.41. The van der Waals surface area contributed by atoms with Crippen molar-refractivity contribution < 1.29 is 23.1 Å². The Kier molecular flexibility index (Phi) is 3.34. The number of methoxy groups -OCH3 is 1. The molecule has 7 heteroatoms. The molecule has 98 valence electrons. The molecule has 2 saturated heterocycles. The van der Waals surface area contributed by atoms with Crippen molar-refractivity contribution in [1.29, 1.82) is 0 Å². The molecule has 2 aliphatic heterocycles. The zero-order valence-electron chi connectivity index (χ0n) is 10.3. The van der Waals surface area contributed by atoms with E-state index < -0.39 is 19.1 Å². The van der Waals surface area contributed by atoms with E-state index in [2.05, 4.69) is 4.74 Å². The summed E-state index contributed by atoms with van der Waals surface area (Å²) in [6.07, 6.45) is 0.922. The SMILES string of the molecule is CCC1CN1P1(=O)OCC(C)(C(=O)OC)CO1. The second-order valence-electron chi connectivity index (χ2n) is 4.75. The van der Waals surface area contributed by atoms with Crippen molar-refractivity contribution in [3.8, 4) is 0 Å². The number of nitrogens with zero attached hydrogens (tertiary/aromatic N) is 1. The third kappa shape index (κ3) is 2.27. The third-order valence-corrected chi connectivity index (χ3v) is 5.27. The summed E-state index contributed by atoms with van der Waals surface area (Å²) in [5, 5.41) is 0. The minimum atomic E-state index is -3.15. The van der Waals surface area contributed by atoms with Gasteiger partial charge in [0.1, 0.15) is 5.41 Å². The van der Waals surface area contributed by atoms with Crippen molar-refractivity contribution in [3.63, 3.8) is 0 Å². The van der Waals surface area contributed by atoms with E-state index in [0.717, 1.165) is 13.0 Å². The summed E-state index contributed by atoms with van der Waals surface area (Å²) < 4.78 is 29.3. The van der Waals surface area contributed by atoms with Crippen LogP contribution >= 0.6 is 7.75 Å². The van der Waals surface area contributed by atoms with Crippen LogP contribution in [0.5, 0.6) is 0 Å². The van der Waals surface area contributed by atoms with Gasteiger partial charge in [-0.3, -0.25) is 13.8 Å². The highest BCUT2D eigenvalue weighted by atomic mass is 31.2. The first kappa shape index (κ1) is 13.0. The molecule has 2 aliphatic rings. The lowest BCUT2D eigenvalue weighted by atomic mass is 9.93. The lowest BCUT2D eigenvalue weighted by molar-refractivity contribution is -0.158. The van der Waals surface area contributed by atoms with E-state index >= 15 is 0 Å². The molecular formula is C10H18NO5P. The Morgan fingerprint density at radius 1 is 1.53 bits per heavy atom. The summed E-state index contributed by atoms with van der Waals surface area (Å²) in [5.41, 5.74) is -0.861. The number of esters is 1. The topological polar surface area (TPSA) is 64.8 Å². The second kappa shape index (κ2) is 4.35. The molecule has 0 N–H and O–H groups in total. The van der Waals surface area contributed by atoms with Gasteiger partial charge in [-0.1, -0.05) is 6.92 Å². The zero-order chi connectivity index (χ0) is 12.7. The fourth-order valence-corrected chi connectivity index (χ4v) is 4.07. The van der Waals surface area contributed by atoms with E-state index in [1.165, 1.54) is 7.11 Å². The molecule has 0 bridgehead atoms. The van der Waals surface area contributed by atoms with Crippen molar-refractivity contribution in [2.24, 2.45) is 5.41 Å². The van der Waals surface area contributed by atoms with Gasteiger partial charge in [-0.25, -0.2) is 9.24 Å². The summed E-state index contributed by atoms with van der Waals surface area (Å²) in [5.74, 6) is -0.401. The number of hydrogen-bond acceptors (Lipinski definition) is 5. The van der Waals surface area contributed by atoms with Crippen LogP contribution in [0.4, 0.5) is 0 Å². The third-order valence-electron chi connectivity index (χ3n) is 3.24. The standard InChI is InChI=1S/C10H18NO5P/c1-4-8-5-11(8)17(13)15-6-10(2,7-16-17)9(12)14-3/h8H,4-7H2,1-3H3. The van der Waals surface area contributed by atoms with E-state index in [1.54, 1.807) is 11.6 Å². The lowest BCUT2D eigenvalue weighted by Crippen LogP contribution is -2.41. The van der Waals surface area contributed by atoms with Crippen LogP contribution in [0.25, 0.3) is 0 Å². The van der Waals surface area contributed by atoms with Crippen LogP contribution < -0.4 is 0 Å². The molecule has 0 aliphatic carbocycles. The first-order valence-corrected chi connectivity index (χ1v) is 7.19. The monoisotopic (exact) mass is 263 g/mol. The van der Waals surface area contributed by atoms with Crippen LogP contribution in [0.15, 0.2) is 0 Å². The van der Waals surface area contributed by atoms with Crippen molar-refractivity contribution in [3.05, 3.63) is 0 Å². The lowest BCUT2D eigenvalue weighted by Gasteiger charge is -2.34. The van der Waals surface area contributed by atoms with Gasteiger partial charge in [0.05, 0.1) is 20.3 Å². The highest BCUT2D eigenvalue weighted by molar-refractivity contribution is 7.51. The minimum absolute atomic E-state index is 0.0733. The van der Waals surface area contributed by atoms with Crippen molar-refractivity contribution in [2.75, 3.05) is 26.9 Å². The Labute approximate surface area is 101 Å². The fourth-order valence-electron chi connectivity index (χ4n) is 1.85. The minimum Gasteiger partial charge on any atom is -0.468 e. The predicted molar refractivity (Wildman–Crippen MR) is 60.4 cm³/mol. The maximum atomic E-state index is 12.3. The van der Waals surface area contributed by atoms with Gasteiger partial charge in [-0.05, 0) is 13.3 Å². The van der Waals surface area contributed by atoms with Crippen molar-refractivity contribution in [2.45, 2.75) is 26.3 Å². The van der Waals surface area contributed by atoms with Gasteiger partial charge < -0.3 is 4.74 Å². The van der Waals surface area contributed by atoms with Gasteiger partial charge in [-0.15, -0.1) is 0 Å². The highest BCUT2D eigenvalue weighted by Crippen LogP contribution is 2.62. The van der Waals surface area contributed by atoms with Gasteiger partial charge in [-0.2, -0.15) is 0 Å². The Morgan fingerprint density at radius 2 is 2.12 bits per heavy atom. The van der Waals surface area contributed by atoms with Crippen LogP contribution in [-0.2, 0) is 23.1 Å². The van der Waals surface area contributed by atoms with E-state index in [0.29, 0.717) is 0 Å². The van der Waals surface area contributed by atoms with Gasteiger partial charge in [0, 0.05) is 12.6 Å². The molecule has 2 heterocycles. The molecular weight excluding hydrogens is 245 g/mol. The number of carbonyl (C=O) groups is 1. The smallest absolute Gasteiger partial charge is 0.408 e. The molecule has 2 fully saturated rings. The largest absolute Gasteiger partial charge is 0.468 e. The molecule has 2 rings (SSSR count). The summed E-state index contributed by atoms with van der Waals surface area (Å²) >= 11 is 0. The van der Waals surface area contributed by atoms with Crippen LogP contribution in [0, 0.1) is 5.41 Å². The molecule has 0 aromatic carbocycles. The number of rotatable bonds is 3. The van der Waals surface area contributed by atoms with Crippen molar-refractivity contribution >= 4 is 13.7 Å². The maximum Gasteiger partial charge on any atom is 0.408 e. The summed E-state index contributed by atoms with van der Waals surface area (Å²) in [7, 11) is -1.83. The average Bonchev–Trinajstić information content (AvgIpc) is 3.12. The molecule has 6 nitrogen and oxygen atoms in total. The van der Waals surface area contributed by atoms with Gasteiger partial charge in [0.15, 0.2) is 0 Å². The molecule has 0 aromatic rings. The van der Waals surface area contributed by atoms with Gasteiger partial charge in [0.2, 0.25) is 0 Å². The van der Waals surface area contributed by atoms with Crippen LogP contribution in [0.2, 0.25) is 0 Å². The highest BCUT2D eigenvalue weighted by Gasteiger charge is 2.54. The van der Waals surface area contributed by atoms with E-state index in [-0.39, 0.29) is 19.3 Å². The first-order chi connectivity index (χ1) is 7.95. The number of carbonyl (C=O) groups excluding carboxylic acids is 1. The van der Waals surface area contributed by atoms with E-state index in [4.69, 9.17) is 9.05 Å². The normalized spacial score (nSPS) is 45.4. The molecule has 0 spiro atoms. The second-order valence-corrected chi connectivity index (χ2v) is 6.72. The molecule has 17 heavy (non-hydrogen) atoms. The molecule has 2 atom stereocenters.